The van der Waals surface area contributed by atoms with Crippen LogP contribution in [0.2, 0.25) is 0 Å². The fourth-order valence-corrected chi connectivity index (χ4v) is 1.89. The summed E-state index contributed by atoms with van der Waals surface area (Å²) < 4.78 is 4.69. The van der Waals surface area contributed by atoms with E-state index in [0.717, 1.165) is 13.1 Å². The number of esters is 1. The fraction of sp³-hybridized carbons (Fsp3) is 0.900. The van der Waals surface area contributed by atoms with E-state index in [-0.39, 0.29) is 11.9 Å². The van der Waals surface area contributed by atoms with Crippen LogP contribution in [0, 0.1) is 5.92 Å². The molecule has 0 aromatic heterocycles. The van der Waals surface area contributed by atoms with Crippen molar-refractivity contribution in [2.75, 3.05) is 20.2 Å². The summed E-state index contributed by atoms with van der Waals surface area (Å²) in [6.45, 7) is 6.12. The smallest absolute Gasteiger partial charge is 0.309 e. The zero-order chi connectivity index (χ0) is 9.84. The normalized spacial score (nSPS) is 25.9. The molecule has 3 nitrogen and oxygen atoms in total. The Bertz CT molecular complexity index is 182. The van der Waals surface area contributed by atoms with E-state index in [1.165, 1.54) is 20.0 Å². The van der Waals surface area contributed by atoms with Crippen LogP contribution in [0.15, 0.2) is 0 Å². The van der Waals surface area contributed by atoms with Crippen molar-refractivity contribution < 1.29 is 9.53 Å². The third-order valence-corrected chi connectivity index (χ3v) is 2.80. The number of carbonyl (C=O) groups excluding carboxylic acids is 1. The van der Waals surface area contributed by atoms with Crippen molar-refractivity contribution >= 4 is 5.97 Å². The van der Waals surface area contributed by atoms with Gasteiger partial charge in [-0.2, -0.15) is 0 Å². The van der Waals surface area contributed by atoms with Crippen LogP contribution in [0.3, 0.4) is 0 Å². The van der Waals surface area contributed by atoms with Gasteiger partial charge in [-0.15, -0.1) is 0 Å². The van der Waals surface area contributed by atoms with Gasteiger partial charge in [0.25, 0.3) is 0 Å². The molecule has 0 aromatic carbocycles. The molecule has 1 saturated heterocycles. The van der Waals surface area contributed by atoms with E-state index in [1.54, 1.807) is 0 Å². The molecule has 1 heterocycles. The van der Waals surface area contributed by atoms with Crippen molar-refractivity contribution in [3.63, 3.8) is 0 Å². The average molecular weight is 185 g/mol. The maximum absolute atomic E-state index is 11.2. The van der Waals surface area contributed by atoms with Crippen LogP contribution in [0.5, 0.6) is 0 Å². The first-order valence-electron chi connectivity index (χ1n) is 4.97. The van der Waals surface area contributed by atoms with Crippen molar-refractivity contribution in [1.82, 2.24) is 4.90 Å². The molecule has 1 aliphatic heterocycles. The van der Waals surface area contributed by atoms with Crippen LogP contribution in [0.4, 0.5) is 0 Å². The first-order valence-corrected chi connectivity index (χ1v) is 4.97. The zero-order valence-electron chi connectivity index (χ0n) is 8.75. The molecule has 13 heavy (non-hydrogen) atoms. The number of ether oxygens (including phenoxy) is 1. The Morgan fingerprint density at radius 3 is 2.85 bits per heavy atom. The molecule has 76 valence electrons. The van der Waals surface area contributed by atoms with Gasteiger partial charge in [0.1, 0.15) is 0 Å². The molecule has 2 atom stereocenters. The highest BCUT2D eigenvalue weighted by atomic mass is 16.5. The van der Waals surface area contributed by atoms with Crippen molar-refractivity contribution in [3.05, 3.63) is 0 Å². The van der Waals surface area contributed by atoms with Gasteiger partial charge < -0.3 is 4.74 Å². The summed E-state index contributed by atoms with van der Waals surface area (Å²) in [6, 6.07) is 0.632. The molecule has 0 saturated carbocycles. The maximum atomic E-state index is 11.2. The predicted molar refractivity (Wildman–Crippen MR) is 51.4 cm³/mol. The molecule has 0 N–H and O–H groups in total. The fourth-order valence-electron chi connectivity index (χ4n) is 1.89. The number of hydrogen-bond donors (Lipinski definition) is 0. The molecule has 0 aromatic rings. The van der Waals surface area contributed by atoms with E-state index >= 15 is 0 Å². The topological polar surface area (TPSA) is 29.5 Å². The molecule has 0 amide bonds. The van der Waals surface area contributed by atoms with Gasteiger partial charge >= 0.3 is 5.97 Å². The summed E-state index contributed by atoms with van der Waals surface area (Å²) in [6.07, 6.45) is 2.52. The lowest BCUT2D eigenvalue weighted by Crippen LogP contribution is -2.34. The van der Waals surface area contributed by atoms with Gasteiger partial charge in [-0.1, -0.05) is 6.92 Å². The van der Waals surface area contributed by atoms with Crippen molar-refractivity contribution in [2.24, 2.45) is 5.92 Å². The first kappa shape index (κ1) is 10.5. The second-order valence-electron chi connectivity index (χ2n) is 3.91. The number of likely N-dealkylation sites (tertiary alicyclic amines) is 1. The van der Waals surface area contributed by atoms with Gasteiger partial charge in [0, 0.05) is 12.6 Å². The largest absolute Gasteiger partial charge is 0.469 e. The molecule has 3 heteroatoms. The molecular formula is C10H19NO2. The van der Waals surface area contributed by atoms with E-state index in [2.05, 4.69) is 11.8 Å². The van der Waals surface area contributed by atoms with Crippen molar-refractivity contribution in [3.8, 4) is 0 Å². The number of carbonyl (C=O) groups is 1. The summed E-state index contributed by atoms with van der Waals surface area (Å²) >= 11 is 0. The Kier molecular flexibility index (Phi) is 3.72. The highest BCUT2D eigenvalue weighted by molar-refractivity contribution is 5.72. The molecule has 2 unspecified atom stereocenters. The molecule has 1 rings (SSSR count). The molecule has 0 radical (unpaired) electrons. The Balaban J connectivity index is 2.34. The maximum Gasteiger partial charge on any atom is 0.309 e. The third-order valence-electron chi connectivity index (χ3n) is 2.80. The van der Waals surface area contributed by atoms with Gasteiger partial charge in [-0.25, -0.2) is 0 Å². The monoisotopic (exact) mass is 185 g/mol. The zero-order valence-corrected chi connectivity index (χ0v) is 8.75. The molecule has 0 bridgehead atoms. The van der Waals surface area contributed by atoms with Crippen LogP contribution in [0.1, 0.15) is 26.7 Å². The van der Waals surface area contributed by atoms with Gasteiger partial charge in [-0.3, -0.25) is 9.69 Å². The minimum Gasteiger partial charge on any atom is -0.469 e. The molecule has 0 aliphatic carbocycles. The van der Waals surface area contributed by atoms with Gasteiger partial charge in [0.05, 0.1) is 13.0 Å². The summed E-state index contributed by atoms with van der Waals surface area (Å²) in [7, 11) is 1.45. The Morgan fingerprint density at radius 1 is 1.69 bits per heavy atom. The third kappa shape index (κ3) is 2.69. The quantitative estimate of drug-likeness (QED) is 0.620. The van der Waals surface area contributed by atoms with E-state index in [1.807, 2.05) is 6.92 Å². The number of nitrogens with zero attached hydrogens (tertiary/aromatic N) is 1. The van der Waals surface area contributed by atoms with Crippen LogP contribution in [-0.4, -0.2) is 37.1 Å². The summed E-state index contributed by atoms with van der Waals surface area (Å²) in [5.74, 6) is -0.0929. The summed E-state index contributed by atoms with van der Waals surface area (Å²) in [5, 5.41) is 0. The van der Waals surface area contributed by atoms with Crippen LogP contribution in [-0.2, 0) is 9.53 Å². The van der Waals surface area contributed by atoms with E-state index in [4.69, 9.17) is 4.74 Å². The Morgan fingerprint density at radius 2 is 2.38 bits per heavy atom. The van der Waals surface area contributed by atoms with Crippen LogP contribution < -0.4 is 0 Å². The molecular weight excluding hydrogens is 166 g/mol. The summed E-state index contributed by atoms with van der Waals surface area (Å²) in [5.41, 5.74) is 0. The van der Waals surface area contributed by atoms with Crippen LogP contribution in [0.25, 0.3) is 0 Å². The lowest BCUT2D eigenvalue weighted by Gasteiger charge is -2.23. The standard InChI is InChI=1S/C10H19NO2/c1-8(10(12)13-3)7-11-6-4-5-9(11)2/h8-9H,4-7H2,1-3H3. The Hall–Kier alpha value is -0.570. The van der Waals surface area contributed by atoms with Gasteiger partial charge in [0.2, 0.25) is 0 Å². The second-order valence-corrected chi connectivity index (χ2v) is 3.91. The average Bonchev–Trinajstić information content (AvgIpc) is 2.50. The lowest BCUT2D eigenvalue weighted by atomic mass is 10.1. The second kappa shape index (κ2) is 4.61. The minimum absolute atomic E-state index is 0.00514. The van der Waals surface area contributed by atoms with Crippen molar-refractivity contribution in [2.45, 2.75) is 32.7 Å². The first-order chi connectivity index (χ1) is 6.15. The summed E-state index contributed by atoms with van der Waals surface area (Å²) in [4.78, 5) is 13.5. The predicted octanol–water partition coefficient (Wildman–Crippen LogP) is 1.28. The lowest BCUT2D eigenvalue weighted by molar-refractivity contribution is -0.145. The van der Waals surface area contributed by atoms with E-state index in [9.17, 15) is 4.79 Å². The number of rotatable bonds is 3. The minimum atomic E-state index is -0.0981. The molecule has 0 spiro atoms. The van der Waals surface area contributed by atoms with E-state index < -0.39 is 0 Å². The number of hydrogen-bond acceptors (Lipinski definition) is 3. The van der Waals surface area contributed by atoms with Gasteiger partial charge in [0.15, 0.2) is 0 Å². The van der Waals surface area contributed by atoms with Crippen LogP contribution >= 0.6 is 0 Å². The molecule has 1 aliphatic rings. The van der Waals surface area contributed by atoms with Crippen molar-refractivity contribution in [1.29, 1.82) is 0 Å². The highest BCUT2D eigenvalue weighted by Gasteiger charge is 2.24. The Labute approximate surface area is 80.1 Å². The van der Waals surface area contributed by atoms with Gasteiger partial charge in [-0.05, 0) is 26.3 Å². The molecule has 1 fully saturated rings. The highest BCUT2D eigenvalue weighted by Crippen LogP contribution is 2.17. The van der Waals surface area contributed by atoms with E-state index in [0.29, 0.717) is 6.04 Å². The number of methoxy groups -OCH3 is 1. The SMILES string of the molecule is COC(=O)C(C)CN1CCCC1C.